The first-order valence-corrected chi connectivity index (χ1v) is 12.1. The van der Waals surface area contributed by atoms with Gasteiger partial charge in [-0.15, -0.1) is 10.2 Å². The van der Waals surface area contributed by atoms with E-state index in [1.54, 1.807) is 0 Å². The third-order valence-corrected chi connectivity index (χ3v) is 6.62. The molecular weight excluding hydrogens is 512 g/mol. The van der Waals surface area contributed by atoms with Crippen LogP contribution in [0.2, 0.25) is 5.02 Å². The first kappa shape index (κ1) is 21.3. The van der Waals surface area contributed by atoms with Crippen LogP contribution in [0.25, 0.3) is 22.6 Å². The zero-order valence-corrected chi connectivity index (χ0v) is 20.4. The second-order valence-corrected chi connectivity index (χ2v) is 9.73. The van der Waals surface area contributed by atoms with Gasteiger partial charge in [0.15, 0.2) is 11.5 Å². The van der Waals surface area contributed by atoms with Crippen molar-refractivity contribution in [2.75, 3.05) is 11.1 Å². The number of hydrogen-bond acceptors (Lipinski definition) is 7. The van der Waals surface area contributed by atoms with Crippen molar-refractivity contribution in [2.45, 2.75) is 25.2 Å². The Balaban J connectivity index is 1.56. The molecule has 3 heterocycles. The van der Waals surface area contributed by atoms with Crippen LogP contribution in [0.3, 0.4) is 0 Å². The molecule has 4 aromatic rings. The maximum atomic E-state index is 6.30. The van der Waals surface area contributed by atoms with E-state index >= 15 is 0 Å². The van der Waals surface area contributed by atoms with Gasteiger partial charge in [-0.1, -0.05) is 58.3 Å². The third-order valence-electron chi connectivity index (χ3n) is 5.00. The minimum atomic E-state index is -0.595. The summed E-state index contributed by atoms with van der Waals surface area (Å²) in [6.07, 6.45) is -0.595. The summed E-state index contributed by atoms with van der Waals surface area (Å²) in [5.41, 5.74) is 4.19. The maximum Gasteiger partial charge on any atom is 0.247 e. The van der Waals surface area contributed by atoms with Crippen molar-refractivity contribution < 1.29 is 9.15 Å². The third kappa shape index (κ3) is 4.10. The molecule has 5 rings (SSSR count). The average molecular weight is 530 g/mol. The number of nitrogens with zero attached hydrogens (tertiary/aromatic N) is 3. The molecule has 0 amide bonds. The SMILES string of the molecule is CCSc1nnc2c(n1)O[C@@H](c1ccc(-c3ccc(C)c(Cl)c3)o1)Nc1ccc(Br)cc1-2. The van der Waals surface area contributed by atoms with Gasteiger partial charge >= 0.3 is 0 Å². The molecule has 1 N–H and O–H groups in total. The molecule has 0 aliphatic carbocycles. The van der Waals surface area contributed by atoms with Crippen molar-refractivity contribution in [1.82, 2.24) is 15.2 Å². The molecule has 6 nitrogen and oxygen atoms in total. The molecule has 2 aromatic carbocycles. The highest BCUT2D eigenvalue weighted by molar-refractivity contribution is 9.10. The maximum absolute atomic E-state index is 6.30. The minimum Gasteiger partial charge on any atom is -0.455 e. The van der Waals surface area contributed by atoms with E-state index in [2.05, 4.69) is 36.4 Å². The van der Waals surface area contributed by atoms with Crippen molar-refractivity contribution >= 4 is 45.0 Å². The van der Waals surface area contributed by atoms with Crippen LogP contribution >= 0.6 is 39.3 Å². The van der Waals surface area contributed by atoms with Crippen molar-refractivity contribution in [3.8, 4) is 28.5 Å². The normalized spacial score (nSPS) is 14.7. The van der Waals surface area contributed by atoms with E-state index in [0.717, 1.165) is 32.6 Å². The molecule has 1 atom stereocenters. The molecule has 0 bridgehead atoms. The number of aryl methyl sites for hydroxylation is 1. The van der Waals surface area contributed by atoms with Crippen LogP contribution in [-0.2, 0) is 0 Å². The van der Waals surface area contributed by atoms with Gasteiger partial charge in [-0.25, -0.2) is 0 Å². The number of furan rings is 1. The fourth-order valence-electron chi connectivity index (χ4n) is 3.38. The Bertz CT molecular complexity index is 1310. The van der Waals surface area contributed by atoms with Crippen LogP contribution in [0.1, 0.15) is 24.5 Å². The number of rotatable bonds is 4. The van der Waals surface area contributed by atoms with Gasteiger partial charge in [0.05, 0.1) is 0 Å². The van der Waals surface area contributed by atoms with Crippen molar-refractivity contribution in [2.24, 2.45) is 0 Å². The second-order valence-electron chi connectivity index (χ2n) is 7.18. The van der Waals surface area contributed by atoms with Gasteiger partial charge in [0.25, 0.3) is 0 Å². The molecule has 0 spiro atoms. The minimum absolute atomic E-state index is 0.404. The van der Waals surface area contributed by atoms with Gasteiger partial charge in [0.2, 0.25) is 17.3 Å². The predicted molar refractivity (Wildman–Crippen MR) is 130 cm³/mol. The number of ether oxygens (including phenoxy) is 1. The largest absolute Gasteiger partial charge is 0.455 e. The molecule has 0 unspecified atom stereocenters. The summed E-state index contributed by atoms with van der Waals surface area (Å²) in [7, 11) is 0. The smallest absolute Gasteiger partial charge is 0.247 e. The van der Waals surface area contributed by atoms with E-state index in [1.165, 1.54) is 11.8 Å². The van der Waals surface area contributed by atoms with E-state index < -0.39 is 6.23 Å². The number of hydrogen-bond donors (Lipinski definition) is 1. The Hall–Kier alpha value is -2.55. The lowest BCUT2D eigenvalue weighted by molar-refractivity contribution is 0.196. The van der Waals surface area contributed by atoms with Crippen LogP contribution in [0.5, 0.6) is 5.88 Å². The molecule has 0 radical (unpaired) electrons. The van der Waals surface area contributed by atoms with Crippen molar-refractivity contribution in [3.05, 3.63) is 69.3 Å². The molecule has 1 aliphatic heterocycles. The topological polar surface area (TPSA) is 73.1 Å². The summed E-state index contributed by atoms with van der Waals surface area (Å²) in [4.78, 5) is 4.61. The van der Waals surface area contributed by atoms with Crippen LogP contribution in [0.15, 0.2) is 62.6 Å². The molecule has 9 heteroatoms. The van der Waals surface area contributed by atoms with Gasteiger partial charge in [0, 0.05) is 26.3 Å². The monoisotopic (exact) mass is 528 g/mol. The molecule has 2 aromatic heterocycles. The fraction of sp³-hybridized carbons (Fsp3) is 0.174. The highest BCUT2D eigenvalue weighted by atomic mass is 79.9. The van der Waals surface area contributed by atoms with Gasteiger partial charge in [0.1, 0.15) is 5.76 Å². The summed E-state index contributed by atoms with van der Waals surface area (Å²) in [5, 5.41) is 13.3. The predicted octanol–water partition coefficient (Wildman–Crippen LogP) is 7.14. The number of halogens is 2. The van der Waals surface area contributed by atoms with Crippen molar-refractivity contribution in [3.63, 3.8) is 0 Å². The molecule has 0 saturated carbocycles. The number of thioether (sulfide) groups is 1. The zero-order chi connectivity index (χ0) is 22.2. The van der Waals surface area contributed by atoms with Gasteiger partial charge in [-0.3, -0.25) is 0 Å². The molecule has 0 saturated heterocycles. The standard InChI is InChI=1S/C23H18BrClN4O2S/c1-3-32-23-27-22-20(28-29-23)15-11-14(24)6-7-17(15)26-21(31-22)19-9-8-18(30-19)13-5-4-12(2)16(25)10-13/h4-11,21,26H,3H2,1-2H3/t21-/m0/s1. The Morgan fingerprint density at radius 2 is 2.00 bits per heavy atom. The lowest BCUT2D eigenvalue weighted by Crippen LogP contribution is -2.16. The Labute approximate surface area is 202 Å². The zero-order valence-electron chi connectivity index (χ0n) is 17.2. The Morgan fingerprint density at radius 3 is 2.81 bits per heavy atom. The first-order valence-electron chi connectivity index (χ1n) is 9.98. The average Bonchev–Trinajstić information content (AvgIpc) is 3.21. The second kappa shape index (κ2) is 8.77. The van der Waals surface area contributed by atoms with E-state index in [4.69, 9.17) is 20.8 Å². The van der Waals surface area contributed by atoms with Crippen LogP contribution in [-0.4, -0.2) is 20.9 Å². The summed E-state index contributed by atoms with van der Waals surface area (Å²) in [6, 6.07) is 15.5. The first-order chi connectivity index (χ1) is 15.5. The Kier molecular flexibility index (Phi) is 5.84. The highest BCUT2D eigenvalue weighted by Gasteiger charge is 2.28. The highest BCUT2D eigenvalue weighted by Crippen LogP contribution is 2.41. The Morgan fingerprint density at radius 1 is 1.12 bits per heavy atom. The van der Waals surface area contributed by atoms with Gasteiger partial charge < -0.3 is 14.5 Å². The fourth-order valence-corrected chi connectivity index (χ4v) is 4.43. The number of nitrogens with one attached hydrogen (secondary N) is 1. The molecule has 162 valence electrons. The summed E-state index contributed by atoms with van der Waals surface area (Å²) < 4.78 is 13.4. The van der Waals surface area contributed by atoms with Crippen LogP contribution in [0, 0.1) is 6.92 Å². The molecular formula is C23H18BrClN4O2S. The molecule has 0 fully saturated rings. The number of anilines is 1. The van der Waals surface area contributed by atoms with E-state index in [1.807, 2.05) is 62.4 Å². The number of aromatic nitrogens is 3. The molecule has 32 heavy (non-hydrogen) atoms. The van der Waals surface area contributed by atoms with Gasteiger partial charge in [-0.2, -0.15) is 4.98 Å². The lowest BCUT2D eigenvalue weighted by atomic mass is 10.1. The van der Waals surface area contributed by atoms with Crippen molar-refractivity contribution in [1.29, 1.82) is 0 Å². The number of benzene rings is 2. The summed E-state index contributed by atoms with van der Waals surface area (Å²) in [6.45, 7) is 4.01. The lowest BCUT2D eigenvalue weighted by Gasteiger charge is -2.16. The quantitative estimate of drug-likeness (QED) is 0.282. The summed E-state index contributed by atoms with van der Waals surface area (Å²) in [5.74, 6) is 2.56. The van der Waals surface area contributed by atoms with Crippen LogP contribution in [0.4, 0.5) is 5.69 Å². The van der Waals surface area contributed by atoms with Gasteiger partial charge in [-0.05, 0) is 54.6 Å². The molecule has 1 aliphatic rings. The van der Waals surface area contributed by atoms with E-state index in [0.29, 0.717) is 33.3 Å². The van der Waals surface area contributed by atoms with E-state index in [9.17, 15) is 0 Å². The van der Waals surface area contributed by atoms with Crippen LogP contribution < -0.4 is 10.1 Å². The number of fused-ring (bicyclic) bond motifs is 3. The summed E-state index contributed by atoms with van der Waals surface area (Å²) >= 11 is 11.3. The van der Waals surface area contributed by atoms with E-state index in [-0.39, 0.29) is 0 Å².